The van der Waals surface area contributed by atoms with Crippen LogP contribution in [-0.2, 0) is 0 Å². The number of aryl methyl sites for hydroxylation is 1. The summed E-state index contributed by atoms with van der Waals surface area (Å²) < 4.78 is 2.00. The molecule has 3 heteroatoms. The van der Waals surface area contributed by atoms with Crippen molar-refractivity contribution in [1.82, 2.24) is 9.38 Å². The van der Waals surface area contributed by atoms with E-state index in [1.165, 1.54) is 5.69 Å². The number of aromatic nitrogens is 2. The predicted octanol–water partition coefficient (Wildman–Crippen LogP) is 1.22. The van der Waals surface area contributed by atoms with Crippen molar-refractivity contribution in [2.24, 2.45) is 0 Å². The number of nitrogens with zero attached hydrogens (tertiary/aromatic N) is 2. The second-order valence-electron chi connectivity index (χ2n) is 2.58. The number of nitrogen functional groups attached to an aromatic ring is 1. The van der Waals surface area contributed by atoms with E-state index in [1.54, 1.807) is 6.33 Å². The van der Waals surface area contributed by atoms with Crippen molar-refractivity contribution in [2.45, 2.75) is 6.92 Å². The fourth-order valence-electron chi connectivity index (χ4n) is 1.16. The quantitative estimate of drug-likeness (QED) is 0.609. The van der Waals surface area contributed by atoms with Gasteiger partial charge in [-0.3, -0.25) is 0 Å². The van der Waals surface area contributed by atoms with E-state index in [9.17, 15) is 0 Å². The lowest BCUT2D eigenvalue weighted by atomic mass is 10.4. The summed E-state index contributed by atoms with van der Waals surface area (Å²) in [7, 11) is 0. The standard InChI is InChI=1S/C8H9N3/c1-6-2-3-7-4-8(9)10-5-11(6)7/h2-5H,9H2,1H3. The van der Waals surface area contributed by atoms with Gasteiger partial charge in [0, 0.05) is 11.8 Å². The fraction of sp³-hybridized carbons (Fsp3) is 0.125. The molecule has 2 heterocycles. The third-order valence-electron chi connectivity index (χ3n) is 1.77. The molecule has 0 radical (unpaired) electrons. The summed E-state index contributed by atoms with van der Waals surface area (Å²) >= 11 is 0. The van der Waals surface area contributed by atoms with E-state index in [-0.39, 0.29) is 0 Å². The van der Waals surface area contributed by atoms with Crippen molar-refractivity contribution in [3.8, 4) is 0 Å². The van der Waals surface area contributed by atoms with Crippen LogP contribution >= 0.6 is 0 Å². The van der Waals surface area contributed by atoms with Gasteiger partial charge in [0.05, 0.1) is 5.52 Å². The lowest BCUT2D eigenvalue weighted by Crippen LogP contribution is -1.93. The van der Waals surface area contributed by atoms with Crippen molar-refractivity contribution in [1.29, 1.82) is 0 Å². The van der Waals surface area contributed by atoms with Crippen molar-refractivity contribution in [3.05, 3.63) is 30.2 Å². The molecular formula is C8H9N3. The van der Waals surface area contributed by atoms with Crippen LogP contribution in [0.3, 0.4) is 0 Å². The van der Waals surface area contributed by atoms with E-state index in [0.29, 0.717) is 5.82 Å². The lowest BCUT2D eigenvalue weighted by Gasteiger charge is -1.96. The van der Waals surface area contributed by atoms with Gasteiger partial charge in [-0.2, -0.15) is 0 Å². The first kappa shape index (κ1) is 6.22. The molecule has 0 saturated carbocycles. The Bertz CT molecular complexity index is 389. The minimum Gasteiger partial charge on any atom is -0.384 e. The van der Waals surface area contributed by atoms with Crippen LogP contribution in [0.5, 0.6) is 0 Å². The molecule has 56 valence electrons. The summed E-state index contributed by atoms with van der Waals surface area (Å²) in [4.78, 5) is 3.98. The molecule has 0 aromatic carbocycles. The third kappa shape index (κ3) is 0.852. The smallest absolute Gasteiger partial charge is 0.127 e. The SMILES string of the molecule is Cc1ccc2cc(N)ncn12. The molecule has 0 aliphatic rings. The van der Waals surface area contributed by atoms with Crippen LogP contribution in [-0.4, -0.2) is 9.38 Å². The molecule has 0 unspecified atom stereocenters. The first-order chi connectivity index (χ1) is 5.27. The molecule has 2 aromatic rings. The van der Waals surface area contributed by atoms with Crippen LogP contribution in [0.15, 0.2) is 24.5 Å². The highest BCUT2D eigenvalue weighted by Gasteiger charge is 1.95. The lowest BCUT2D eigenvalue weighted by molar-refractivity contribution is 1.05. The van der Waals surface area contributed by atoms with Crippen molar-refractivity contribution < 1.29 is 0 Å². The fourth-order valence-corrected chi connectivity index (χ4v) is 1.16. The van der Waals surface area contributed by atoms with Gasteiger partial charge in [0.25, 0.3) is 0 Å². The summed E-state index contributed by atoms with van der Waals surface area (Å²) in [6.07, 6.45) is 1.74. The van der Waals surface area contributed by atoms with E-state index in [4.69, 9.17) is 5.73 Å². The molecule has 0 aliphatic carbocycles. The molecule has 0 bridgehead atoms. The highest BCUT2D eigenvalue weighted by Crippen LogP contribution is 2.09. The topological polar surface area (TPSA) is 43.3 Å². The minimum atomic E-state index is 0.565. The van der Waals surface area contributed by atoms with Crippen LogP contribution in [0, 0.1) is 6.92 Å². The van der Waals surface area contributed by atoms with E-state index >= 15 is 0 Å². The van der Waals surface area contributed by atoms with E-state index < -0.39 is 0 Å². The summed E-state index contributed by atoms with van der Waals surface area (Å²) in [5, 5.41) is 0. The monoisotopic (exact) mass is 147 g/mol. The summed E-state index contributed by atoms with van der Waals surface area (Å²) in [5.41, 5.74) is 7.77. The van der Waals surface area contributed by atoms with Crippen LogP contribution in [0.2, 0.25) is 0 Å². The molecule has 0 fully saturated rings. The van der Waals surface area contributed by atoms with Gasteiger partial charge in [0.1, 0.15) is 12.1 Å². The van der Waals surface area contributed by atoms with Crippen molar-refractivity contribution >= 4 is 11.3 Å². The molecule has 2 aromatic heterocycles. The molecule has 0 spiro atoms. The average Bonchev–Trinajstić information content (AvgIpc) is 2.32. The Kier molecular flexibility index (Phi) is 1.12. The Morgan fingerprint density at radius 3 is 3.09 bits per heavy atom. The maximum atomic E-state index is 5.51. The number of nitrogens with two attached hydrogens (primary N) is 1. The highest BCUT2D eigenvalue weighted by molar-refractivity contribution is 5.54. The Morgan fingerprint density at radius 1 is 1.45 bits per heavy atom. The number of hydrogen-bond acceptors (Lipinski definition) is 2. The Labute approximate surface area is 64.5 Å². The molecule has 2 N–H and O–H groups in total. The average molecular weight is 147 g/mol. The maximum absolute atomic E-state index is 5.51. The first-order valence-electron chi connectivity index (χ1n) is 3.46. The zero-order valence-corrected chi connectivity index (χ0v) is 6.28. The zero-order chi connectivity index (χ0) is 7.84. The molecule has 2 rings (SSSR count). The predicted molar refractivity (Wildman–Crippen MR) is 44.3 cm³/mol. The normalized spacial score (nSPS) is 10.6. The highest BCUT2D eigenvalue weighted by atomic mass is 15.0. The minimum absolute atomic E-state index is 0.565. The van der Waals surface area contributed by atoms with Crippen molar-refractivity contribution in [2.75, 3.05) is 5.73 Å². The number of rotatable bonds is 0. The third-order valence-corrected chi connectivity index (χ3v) is 1.77. The Morgan fingerprint density at radius 2 is 2.27 bits per heavy atom. The van der Waals surface area contributed by atoms with E-state index in [2.05, 4.69) is 4.98 Å². The van der Waals surface area contributed by atoms with Crippen LogP contribution in [0.1, 0.15) is 5.69 Å². The second kappa shape index (κ2) is 1.99. The summed E-state index contributed by atoms with van der Waals surface area (Å²) in [5.74, 6) is 0.565. The molecule has 3 nitrogen and oxygen atoms in total. The van der Waals surface area contributed by atoms with Crippen LogP contribution < -0.4 is 5.73 Å². The number of fused-ring (bicyclic) bond motifs is 1. The number of hydrogen-bond donors (Lipinski definition) is 1. The van der Waals surface area contributed by atoms with Gasteiger partial charge in [-0.05, 0) is 19.1 Å². The van der Waals surface area contributed by atoms with Crippen molar-refractivity contribution in [3.63, 3.8) is 0 Å². The molecule has 0 atom stereocenters. The molecule has 11 heavy (non-hydrogen) atoms. The van der Waals surface area contributed by atoms with E-state index in [0.717, 1.165) is 5.52 Å². The van der Waals surface area contributed by atoms with Gasteiger partial charge in [-0.15, -0.1) is 0 Å². The van der Waals surface area contributed by atoms with Gasteiger partial charge in [0.2, 0.25) is 0 Å². The van der Waals surface area contributed by atoms with E-state index in [1.807, 2.05) is 29.5 Å². The molecule has 0 amide bonds. The van der Waals surface area contributed by atoms with Gasteiger partial charge >= 0.3 is 0 Å². The number of anilines is 1. The zero-order valence-electron chi connectivity index (χ0n) is 6.28. The van der Waals surface area contributed by atoms with Crippen LogP contribution in [0.25, 0.3) is 5.52 Å². The Balaban J connectivity index is 2.86. The van der Waals surface area contributed by atoms with Gasteiger partial charge < -0.3 is 10.1 Å². The molecular weight excluding hydrogens is 138 g/mol. The molecule has 0 saturated heterocycles. The second-order valence-corrected chi connectivity index (χ2v) is 2.58. The van der Waals surface area contributed by atoms with Crippen LogP contribution in [0.4, 0.5) is 5.82 Å². The summed E-state index contributed by atoms with van der Waals surface area (Å²) in [6.45, 7) is 2.03. The summed E-state index contributed by atoms with van der Waals surface area (Å²) in [6, 6.07) is 5.91. The molecule has 0 aliphatic heterocycles. The van der Waals surface area contributed by atoms with Gasteiger partial charge in [-0.1, -0.05) is 0 Å². The largest absolute Gasteiger partial charge is 0.384 e. The maximum Gasteiger partial charge on any atom is 0.127 e. The van der Waals surface area contributed by atoms with Gasteiger partial charge in [-0.25, -0.2) is 4.98 Å². The first-order valence-corrected chi connectivity index (χ1v) is 3.46. The van der Waals surface area contributed by atoms with Gasteiger partial charge in [0.15, 0.2) is 0 Å². The Hall–Kier alpha value is -1.51.